The summed E-state index contributed by atoms with van der Waals surface area (Å²) in [7, 11) is -4.39. The predicted octanol–water partition coefficient (Wildman–Crippen LogP) is 26.8. The molecule has 0 fully saturated rings. The molecule has 0 heterocycles. The molecule has 10 heteroatoms. The van der Waals surface area contributed by atoms with E-state index < -0.39 is 26.5 Å². The molecule has 534 valence electrons. The Morgan fingerprint density at radius 2 is 0.578 bits per heavy atom. The molecule has 3 N–H and O–H groups in total. The van der Waals surface area contributed by atoms with E-state index in [-0.39, 0.29) is 38.6 Å². The number of phosphoric acid groups is 1. The maximum Gasteiger partial charge on any atom is 0.472 e. The van der Waals surface area contributed by atoms with E-state index in [0.717, 1.165) is 38.5 Å². The van der Waals surface area contributed by atoms with Gasteiger partial charge in [-0.25, -0.2) is 4.57 Å². The Balaban J connectivity index is 3.73. The minimum Gasteiger partial charge on any atom is -0.462 e. The van der Waals surface area contributed by atoms with Gasteiger partial charge in [0.2, 0.25) is 0 Å². The Hall–Kier alpha value is -1.51. The quantitative estimate of drug-likeness (QED) is 0.0264. The van der Waals surface area contributed by atoms with Crippen LogP contribution in [0.1, 0.15) is 444 Å². The van der Waals surface area contributed by atoms with Gasteiger partial charge in [0.05, 0.1) is 13.2 Å². The van der Waals surface area contributed by atoms with Crippen molar-refractivity contribution in [3.63, 3.8) is 0 Å². The van der Waals surface area contributed by atoms with E-state index in [1.165, 1.54) is 372 Å². The molecule has 2 unspecified atom stereocenters. The van der Waals surface area contributed by atoms with Crippen molar-refractivity contribution in [3.8, 4) is 0 Å². The molecule has 0 radical (unpaired) electrons. The third-order valence-corrected chi connectivity index (χ3v) is 19.6. The molecule has 0 aliphatic rings. The maximum absolute atomic E-state index is 12.8. The molecule has 0 bridgehead atoms. The number of carbonyl (C=O) groups is 2. The highest BCUT2D eigenvalue weighted by Gasteiger charge is 2.26. The van der Waals surface area contributed by atoms with Crippen molar-refractivity contribution in [2.45, 2.75) is 450 Å². The Morgan fingerprint density at radius 1 is 0.333 bits per heavy atom. The van der Waals surface area contributed by atoms with Crippen LogP contribution in [0.5, 0.6) is 0 Å². The lowest BCUT2D eigenvalue weighted by molar-refractivity contribution is -0.161. The second-order valence-electron chi connectivity index (χ2n) is 27.7. The van der Waals surface area contributed by atoms with E-state index in [2.05, 4.69) is 38.2 Å². The van der Waals surface area contributed by atoms with Crippen LogP contribution in [0.25, 0.3) is 0 Å². The highest BCUT2D eigenvalue weighted by atomic mass is 31.2. The van der Waals surface area contributed by atoms with Gasteiger partial charge in [-0.15, -0.1) is 0 Å². The number of phosphoric ester groups is 1. The molecule has 0 saturated heterocycles. The number of unbranched alkanes of at least 4 members (excludes halogenated alkanes) is 61. The van der Waals surface area contributed by atoms with Gasteiger partial charge in [-0.1, -0.05) is 411 Å². The van der Waals surface area contributed by atoms with E-state index in [0.29, 0.717) is 6.42 Å². The van der Waals surface area contributed by atoms with E-state index in [1.807, 2.05) is 0 Å². The fourth-order valence-corrected chi connectivity index (χ4v) is 13.4. The second kappa shape index (κ2) is 76.5. The molecule has 0 rings (SSSR count). The minimum atomic E-state index is -4.39. The van der Waals surface area contributed by atoms with E-state index in [9.17, 15) is 19.0 Å². The van der Waals surface area contributed by atoms with Crippen molar-refractivity contribution in [1.29, 1.82) is 0 Å². The first-order valence-electron chi connectivity index (χ1n) is 40.3. The summed E-state index contributed by atoms with van der Waals surface area (Å²) in [6.45, 7) is 3.83. The Kier molecular flexibility index (Phi) is 75.2. The first kappa shape index (κ1) is 88.5. The molecule has 0 spiro atoms. The summed E-state index contributed by atoms with van der Waals surface area (Å²) in [5, 5.41) is 0. The number of nitrogens with two attached hydrogens (primary N) is 1. The summed E-state index contributed by atoms with van der Waals surface area (Å²) in [6, 6.07) is 0. The van der Waals surface area contributed by atoms with Crippen molar-refractivity contribution in [1.82, 2.24) is 0 Å². The van der Waals surface area contributed by atoms with Crippen molar-refractivity contribution in [2.24, 2.45) is 5.73 Å². The smallest absolute Gasteiger partial charge is 0.462 e. The third-order valence-electron chi connectivity index (χ3n) is 18.6. The van der Waals surface area contributed by atoms with Crippen molar-refractivity contribution >= 4 is 19.8 Å². The van der Waals surface area contributed by atoms with Crippen LogP contribution in [0.15, 0.2) is 24.3 Å². The highest BCUT2D eigenvalue weighted by molar-refractivity contribution is 7.47. The first-order chi connectivity index (χ1) is 44.3. The number of allylic oxidation sites excluding steroid dienone is 4. The van der Waals surface area contributed by atoms with Crippen LogP contribution in [0.4, 0.5) is 0 Å². The zero-order chi connectivity index (χ0) is 65.1. The molecular formula is C80H156NO8P. The summed E-state index contributed by atoms with van der Waals surface area (Å²) in [6.07, 6.45) is 96.2. The van der Waals surface area contributed by atoms with Crippen LogP contribution < -0.4 is 5.73 Å². The van der Waals surface area contributed by atoms with Gasteiger partial charge in [-0.3, -0.25) is 18.6 Å². The largest absolute Gasteiger partial charge is 0.472 e. The lowest BCUT2D eigenvalue weighted by atomic mass is 10.0. The van der Waals surface area contributed by atoms with Crippen LogP contribution in [-0.2, 0) is 32.7 Å². The Morgan fingerprint density at radius 3 is 0.844 bits per heavy atom. The Labute approximate surface area is 561 Å². The number of esters is 2. The van der Waals surface area contributed by atoms with Gasteiger partial charge in [-0.05, 0) is 44.9 Å². The summed E-state index contributed by atoms with van der Waals surface area (Å²) < 4.78 is 33.3. The number of hydrogen-bond acceptors (Lipinski definition) is 8. The van der Waals surface area contributed by atoms with Crippen LogP contribution in [0.2, 0.25) is 0 Å². The maximum atomic E-state index is 12.8. The third kappa shape index (κ3) is 75.5. The summed E-state index contributed by atoms with van der Waals surface area (Å²) in [5.74, 6) is -0.797. The number of hydrogen-bond donors (Lipinski definition) is 2. The van der Waals surface area contributed by atoms with Gasteiger partial charge in [0.15, 0.2) is 6.10 Å². The van der Waals surface area contributed by atoms with Crippen LogP contribution in [0.3, 0.4) is 0 Å². The van der Waals surface area contributed by atoms with Gasteiger partial charge in [0, 0.05) is 19.4 Å². The molecule has 2 atom stereocenters. The fraction of sp³-hybridized carbons (Fsp3) is 0.925. The van der Waals surface area contributed by atoms with Gasteiger partial charge >= 0.3 is 19.8 Å². The number of rotatable bonds is 78. The minimum absolute atomic E-state index is 0.0577. The van der Waals surface area contributed by atoms with Gasteiger partial charge in [0.1, 0.15) is 6.61 Å². The van der Waals surface area contributed by atoms with Crippen molar-refractivity contribution in [3.05, 3.63) is 24.3 Å². The van der Waals surface area contributed by atoms with Crippen molar-refractivity contribution < 1.29 is 37.6 Å². The standard InChI is InChI=1S/C80H156NO8P/c1-3-5-7-9-11-13-15-17-19-21-23-25-27-29-31-33-35-37-38-39-40-41-43-45-47-49-51-53-55-57-59-61-63-65-67-69-71-73-80(83)89-78(77-88-90(84,85)87-75-74-81)76-86-79(82)72-70-68-66-64-62-60-58-56-54-52-50-48-46-44-42-36-34-32-30-28-26-24-22-20-18-16-14-12-10-8-6-4-2/h15,17,21,23,78H,3-14,16,18-20,22,24-77,81H2,1-2H3,(H,84,85)/b17-15-,23-21-. The summed E-state index contributed by atoms with van der Waals surface area (Å²) in [4.78, 5) is 35.5. The molecule has 0 aliphatic carbocycles. The molecular weight excluding hydrogens is 1130 g/mol. The van der Waals surface area contributed by atoms with Crippen LogP contribution in [0, 0.1) is 0 Å². The Bertz CT molecular complexity index is 1520. The first-order valence-corrected chi connectivity index (χ1v) is 41.8. The summed E-state index contributed by atoms with van der Waals surface area (Å²) >= 11 is 0. The SMILES string of the molecule is CCCCCCC/C=C\C/C=C\CCCCCCCCCCCCCCCCCCCCCCCCCCCC(=O)OC(COC(=O)CCCCCCCCCCCCCCCCCCCCCCCCCCCCCCCCCC)COP(=O)(O)OCCN. The van der Waals surface area contributed by atoms with Gasteiger partial charge in [0.25, 0.3) is 0 Å². The molecule has 9 nitrogen and oxygen atoms in total. The van der Waals surface area contributed by atoms with Gasteiger partial charge in [-0.2, -0.15) is 0 Å². The molecule has 0 aliphatic heterocycles. The second-order valence-corrected chi connectivity index (χ2v) is 29.1. The van der Waals surface area contributed by atoms with Gasteiger partial charge < -0.3 is 20.1 Å². The monoisotopic (exact) mass is 1290 g/mol. The predicted molar refractivity (Wildman–Crippen MR) is 391 cm³/mol. The van der Waals surface area contributed by atoms with Crippen LogP contribution >= 0.6 is 7.82 Å². The molecule has 0 aromatic rings. The van der Waals surface area contributed by atoms with E-state index in [4.69, 9.17) is 24.3 Å². The number of carbonyl (C=O) groups excluding carboxylic acids is 2. The molecule has 0 aromatic carbocycles. The lowest BCUT2D eigenvalue weighted by Crippen LogP contribution is -2.29. The molecule has 0 aromatic heterocycles. The number of ether oxygens (including phenoxy) is 2. The molecule has 0 saturated carbocycles. The molecule has 90 heavy (non-hydrogen) atoms. The molecule has 0 amide bonds. The zero-order valence-electron chi connectivity index (χ0n) is 60.4. The topological polar surface area (TPSA) is 134 Å². The highest BCUT2D eigenvalue weighted by Crippen LogP contribution is 2.43. The van der Waals surface area contributed by atoms with Crippen LogP contribution in [-0.4, -0.2) is 49.3 Å². The normalized spacial score (nSPS) is 12.9. The van der Waals surface area contributed by atoms with E-state index >= 15 is 0 Å². The lowest BCUT2D eigenvalue weighted by Gasteiger charge is -2.19. The average molecular weight is 1290 g/mol. The fourth-order valence-electron chi connectivity index (χ4n) is 12.6. The zero-order valence-corrected chi connectivity index (χ0v) is 61.3. The average Bonchev–Trinajstić information content (AvgIpc) is 3.75. The summed E-state index contributed by atoms with van der Waals surface area (Å²) in [5.41, 5.74) is 5.42. The van der Waals surface area contributed by atoms with Crippen molar-refractivity contribution in [2.75, 3.05) is 26.4 Å². The van der Waals surface area contributed by atoms with E-state index in [1.54, 1.807) is 0 Å².